The number of carbonyl (C=O) groups is 1. The molecule has 1 aromatic heterocycles. The van der Waals surface area contributed by atoms with E-state index in [2.05, 4.69) is 4.90 Å². The first-order chi connectivity index (χ1) is 8.09. The normalized spacial score (nSPS) is 11.2. The van der Waals surface area contributed by atoms with Gasteiger partial charge < -0.3 is 10.6 Å². The van der Waals surface area contributed by atoms with Gasteiger partial charge in [-0.2, -0.15) is 0 Å². The fraction of sp³-hybridized carbons (Fsp3) is 0.308. The first-order valence-corrected chi connectivity index (χ1v) is 5.63. The van der Waals surface area contributed by atoms with Gasteiger partial charge >= 0.3 is 6.03 Å². The lowest BCUT2D eigenvalue weighted by Gasteiger charge is -2.07. The Morgan fingerprint density at radius 1 is 1.35 bits per heavy atom. The van der Waals surface area contributed by atoms with E-state index in [-0.39, 0.29) is 0 Å². The predicted molar refractivity (Wildman–Crippen MR) is 69.2 cm³/mol. The second-order valence-electron chi connectivity index (χ2n) is 4.43. The molecule has 0 radical (unpaired) electrons. The van der Waals surface area contributed by atoms with Gasteiger partial charge in [-0.1, -0.05) is 18.2 Å². The molecule has 0 spiro atoms. The third-order valence-corrected chi connectivity index (χ3v) is 2.86. The number of hydrogen-bond donors (Lipinski definition) is 1. The fourth-order valence-corrected chi connectivity index (χ4v) is 1.98. The van der Waals surface area contributed by atoms with Crippen molar-refractivity contribution >= 4 is 16.9 Å². The molecule has 0 aliphatic carbocycles. The number of primary amides is 1. The number of benzene rings is 1. The summed E-state index contributed by atoms with van der Waals surface area (Å²) in [5, 5.41) is 1.10. The highest BCUT2D eigenvalue weighted by atomic mass is 16.2. The molecule has 90 valence electrons. The van der Waals surface area contributed by atoms with E-state index in [1.807, 2.05) is 44.6 Å². The standard InChI is InChI=1S/C13H17N3O/c1-15(2)8-7-10-9-16(13(14)17)12-6-4-3-5-11(10)12/h3-6,9H,7-8H2,1-2H3,(H2,14,17). The molecule has 1 heterocycles. The quantitative estimate of drug-likeness (QED) is 0.873. The minimum Gasteiger partial charge on any atom is -0.351 e. The van der Waals surface area contributed by atoms with Crippen LogP contribution in [0.4, 0.5) is 4.79 Å². The number of carbonyl (C=O) groups excluding carboxylic acids is 1. The van der Waals surface area contributed by atoms with Crippen LogP contribution in [-0.4, -0.2) is 36.1 Å². The number of para-hydroxylation sites is 1. The summed E-state index contributed by atoms with van der Waals surface area (Å²) in [5.74, 6) is 0. The lowest BCUT2D eigenvalue weighted by molar-refractivity contribution is 0.251. The van der Waals surface area contributed by atoms with Crippen LogP contribution in [0, 0.1) is 0 Å². The Kier molecular flexibility index (Phi) is 3.15. The molecular weight excluding hydrogens is 214 g/mol. The zero-order chi connectivity index (χ0) is 12.4. The number of nitrogens with zero attached hydrogens (tertiary/aromatic N) is 2. The van der Waals surface area contributed by atoms with Gasteiger partial charge in [0.2, 0.25) is 0 Å². The summed E-state index contributed by atoms with van der Waals surface area (Å²) in [6, 6.07) is 7.40. The van der Waals surface area contributed by atoms with Gasteiger partial charge in [-0.25, -0.2) is 4.79 Å². The Labute approximate surface area is 101 Å². The highest BCUT2D eigenvalue weighted by molar-refractivity contribution is 5.93. The number of fused-ring (bicyclic) bond motifs is 1. The maximum Gasteiger partial charge on any atom is 0.323 e. The molecule has 4 heteroatoms. The molecule has 0 fully saturated rings. The van der Waals surface area contributed by atoms with Crippen LogP contribution in [0.2, 0.25) is 0 Å². The number of rotatable bonds is 3. The molecule has 2 aromatic rings. The van der Waals surface area contributed by atoms with E-state index in [4.69, 9.17) is 5.73 Å². The van der Waals surface area contributed by atoms with E-state index in [0.717, 1.165) is 29.4 Å². The van der Waals surface area contributed by atoms with Crippen LogP contribution in [0.1, 0.15) is 5.56 Å². The van der Waals surface area contributed by atoms with Crippen molar-refractivity contribution < 1.29 is 4.79 Å². The van der Waals surface area contributed by atoms with Gasteiger partial charge in [-0.3, -0.25) is 4.57 Å². The minimum atomic E-state index is -0.433. The summed E-state index contributed by atoms with van der Waals surface area (Å²) >= 11 is 0. The first kappa shape index (κ1) is 11.7. The van der Waals surface area contributed by atoms with Gasteiger partial charge in [0.15, 0.2) is 0 Å². The van der Waals surface area contributed by atoms with Crippen molar-refractivity contribution in [2.75, 3.05) is 20.6 Å². The highest BCUT2D eigenvalue weighted by Gasteiger charge is 2.10. The van der Waals surface area contributed by atoms with E-state index in [1.54, 1.807) is 0 Å². The molecule has 17 heavy (non-hydrogen) atoms. The molecule has 0 saturated carbocycles. The number of hydrogen-bond acceptors (Lipinski definition) is 2. The van der Waals surface area contributed by atoms with Crippen molar-refractivity contribution in [2.24, 2.45) is 5.73 Å². The third-order valence-electron chi connectivity index (χ3n) is 2.86. The lowest BCUT2D eigenvalue weighted by Crippen LogP contribution is -2.18. The Hall–Kier alpha value is -1.81. The van der Waals surface area contributed by atoms with Crippen molar-refractivity contribution in [1.82, 2.24) is 9.47 Å². The van der Waals surface area contributed by atoms with Gasteiger partial charge in [0.05, 0.1) is 5.52 Å². The third kappa shape index (κ3) is 2.31. The zero-order valence-corrected chi connectivity index (χ0v) is 10.2. The van der Waals surface area contributed by atoms with Gasteiger partial charge in [-0.15, -0.1) is 0 Å². The van der Waals surface area contributed by atoms with E-state index in [9.17, 15) is 4.79 Å². The molecule has 0 saturated heterocycles. The molecule has 0 atom stereocenters. The second kappa shape index (κ2) is 4.59. The molecule has 1 aromatic carbocycles. The topological polar surface area (TPSA) is 51.3 Å². The van der Waals surface area contributed by atoms with Crippen molar-refractivity contribution in [3.8, 4) is 0 Å². The van der Waals surface area contributed by atoms with E-state index < -0.39 is 6.03 Å². The van der Waals surface area contributed by atoms with Crippen molar-refractivity contribution in [3.63, 3.8) is 0 Å². The average Bonchev–Trinajstić information content (AvgIpc) is 2.65. The molecule has 2 N–H and O–H groups in total. The van der Waals surface area contributed by atoms with Crippen LogP contribution < -0.4 is 5.73 Å². The fourth-order valence-electron chi connectivity index (χ4n) is 1.98. The summed E-state index contributed by atoms with van der Waals surface area (Å²) < 4.78 is 1.51. The van der Waals surface area contributed by atoms with E-state index in [0.29, 0.717) is 0 Å². The maximum atomic E-state index is 11.3. The summed E-state index contributed by atoms with van der Waals surface area (Å²) in [5.41, 5.74) is 7.41. The molecule has 4 nitrogen and oxygen atoms in total. The first-order valence-electron chi connectivity index (χ1n) is 5.63. The minimum absolute atomic E-state index is 0.433. The van der Waals surface area contributed by atoms with Gasteiger partial charge in [0, 0.05) is 18.1 Å². The van der Waals surface area contributed by atoms with Crippen LogP contribution >= 0.6 is 0 Å². The monoisotopic (exact) mass is 231 g/mol. The zero-order valence-electron chi connectivity index (χ0n) is 10.2. The van der Waals surface area contributed by atoms with Crippen LogP contribution in [0.15, 0.2) is 30.5 Å². The van der Waals surface area contributed by atoms with Crippen LogP contribution in [0.25, 0.3) is 10.9 Å². The van der Waals surface area contributed by atoms with Gasteiger partial charge in [0.25, 0.3) is 0 Å². The van der Waals surface area contributed by atoms with Crippen molar-refractivity contribution in [2.45, 2.75) is 6.42 Å². The van der Waals surface area contributed by atoms with E-state index in [1.165, 1.54) is 4.57 Å². The SMILES string of the molecule is CN(C)CCc1cn(C(N)=O)c2ccccc12. The Morgan fingerprint density at radius 2 is 2.06 bits per heavy atom. The predicted octanol–water partition coefficient (Wildman–Crippen LogP) is 1.67. The maximum absolute atomic E-state index is 11.3. The smallest absolute Gasteiger partial charge is 0.323 e. The van der Waals surface area contributed by atoms with Crippen molar-refractivity contribution in [3.05, 3.63) is 36.0 Å². The Bertz CT molecular complexity index is 543. The summed E-state index contributed by atoms with van der Waals surface area (Å²) in [4.78, 5) is 13.5. The van der Waals surface area contributed by atoms with Gasteiger partial charge in [-0.05, 0) is 32.1 Å². The molecule has 0 unspecified atom stereocenters. The summed E-state index contributed by atoms with van der Waals surface area (Å²) in [6.45, 7) is 0.951. The molecule has 0 aliphatic heterocycles. The van der Waals surface area contributed by atoms with Crippen LogP contribution in [0.3, 0.4) is 0 Å². The van der Waals surface area contributed by atoms with Crippen molar-refractivity contribution in [1.29, 1.82) is 0 Å². The Morgan fingerprint density at radius 3 is 2.71 bits per heavy atom. The molecule has 0 aliphatic rings. The Balaban J connectivity index is 2.45. The summed E-state index contributed by atoms with van der Waals surface area (Å²) in [6.07, 6.45) is 2.75. The van der Waals surface area contributed by atoms with E-state index >= 15 is 0 Å². The average molecular weight is 231 g/mol. The summed E-state index contributed by atoms with van der Waals surface area (Å²) in [7, 11) is 4.07. The van der Waals surface area contributed by atoms with Crippen LogP contribution in [-0.2, 0) is 6.42 Å². The molecule has 2 rings (SSSR count). The molecule has 0 bridgehead atoms. The number of nitrogens with two attached hydrogens (primary N) is 1. The number of amides is 1. The van der Waals surface area contributed by atoms with Gasteiger partial charge in [0.1, 0.15) is 0 Å². The van der Waals surface area contributed by atoms with Crippen LogP contribution in [0.5, 0.6) is 0 Å². The highest BCUT2D eigenvalue weighted by Crippen LogP contribution is 2.21. The lowest BCUT2D eigenvalue weighted by atomic mass is 10.1. The number of likely N-dealkylation sites (N-methyl/N-ethyl adjacent to an activating group) is 1. The number of aromatic nitrogens is 1. The molecule has 1 amide bonds. The largest absolute Gasteiger partial charge is 0.351 e. The molecular formula is C13H17N3O. The second-order valence-corrected chi connectivity index (χ2v) is 4.43.